The van der Waals surface area contributed by atoms with Gasteiger partial charge in [-0.15, -0.1) is 0 Å². The lowest BCUT2D eigenvalue weighted by Crippen LogP contribution is -2.24. The molecule has 0 aromatic rings. The summed E-state index contributed by atoms with van der Waals surface area (Å²) in [7, 11) is 0. The Bertz CT molecular complexity index is 148. The fraction of sp³-hybridized carbons (Fsp3) is 0.600. The molecule has 0 aliphatic carbocycles. The second-order valence-electron chi connectivity index (χ2n) is 3.01. The van der Waals surface area contributed by atoms with Gasteiger partial charge in [0.1, 0.15) is 0 Å². The van der Waals surface area contributed by atoms with Gasteiger partial charge in [-0.1, -0.05) is 39.8 Å². The summed E-state index contributed by atoms with van der Waals surface area (Å²) in [4.78, 5) is 4.96. The Balaban J connectivity index is 3.33. The third-order valence-corrected chi connectivity index (χ3v) is 1.49. The predicted octanol–water partition coefficient (Wildman–Crippen LogP) is 2.64. The third-order valence-electron chi connectivity index (χ3n) is 1.49. The highest BCUT2D eigenvalue weighted by atomic mass is 16.8. The fourth-order valence-electron chi connectivity index (χ4n) is 0.875. The lowest BCUT2D eigenvalue weighted by Gasteiger charge is -2.10. The molecule has 0 unspecified atom stereocenters. The van der Waals surface area contributed by atoms with Crippen LogP contribution >= 0.6 is 0 Å². The summed E-state index contributed by atoms with van der Waals surface area (Å²) in [5.41, 5.74) is 7.16. The predicted molar refractivity (Wildman–Crippen MR) is 55.5 cm³/mol. The van der Waals surface area contributed by atoms with Crippen molar-refractivity contribution in [2.75, 3.05) is 0 Å². The fourth-order valence-corrected chi connectivity index (χ4v) is 0.875. The van der Waals surface area contributed by atoms with Crippen LogP contribution in [-0.4, -0.2) is 0 Å². The first-order valence-corrected chi connectivity index (χ1v) is 4.74. The van der Waals surface area contributed by atoms with Gasteiger partial charge in [0.25, 0.3) is 0 Å². The maximum absolute atomic E-state index is 4.96. The van der Waals surface area contributed by atoms with Gasteiger partial charge in [0.2, 0.25) is 0 Å². The van der Waals surface area contributed by atoms with Crippen LogP contribution in [0.1, 0.15) is 39.5 Å². The van der Waals surface area contributed by atoms with Crippen LogP contribution in [0.25, 0.3) is 0 Å². The first-order chi connectivity index (χ1) is 6.20. The normalized spacial score (nSPS) is 9.38. The van der Waals surface area contributed by atoms with Gasteiger partial charge < -0.3 is 0 Å². The van der Waals surface area contributed by atoms with Crippen molar-refractivity contribution in [1.82, 2.24) is 11.0 Å². The highest BCUT2D eigenvalue weighted by Crippen LogP contribution is 1.98. The van der Waals surface area contributed by atoms with Gasteiger partial charge in [-0.3, -0.25) is 0 Å². The SMILES string of the molecule is C=C(CCC)NONC(=C)CCC. The van der Waals surface area contributed by atoms with Gasteiger partial charge in [0, 0.05) is 11.4 Å². The molecule has 0 saturated heterocycles. The van der Waals surface area contributed by atoms with Crippen molar-refractivity contribution < 1.29 is 4.94 Å². The van der Waals surface area contributed by atoms with Crippen molar-refractivity contribution in [2.45, 2.75) is 39.5 Å². The molecule has 2 N–H and O–H groups in total. The van der Waals surface area contributed by atoms with E-state index in [1.807, 2.05) is 0 Å². The van der Waals surface area contributed by atoms with Crippen LogP contribution in [0.5, 0.6) is 0 Å². The smallest absolute Gasteiger partial charge is 0.0331 e. The molecule has 0 amide bonds. The molecule has 0 fully saturated rings. The van der Waals surface area contributed by atoms with Crippen LogP contribution in [0, 0.1) is 0 Å². The van der Waals surface area contributed by atoms with Gasteiger partial charge in [-0.2, -0.15) is 4.94 Å². The van der Waals surface area contributed by atoms with E-state index in [-0.39, 0.29) is 0 Å². The molecule has 0 radical (unpaired) electrons. The van der Waals surface area contributed by atoms with Crippen LogP contribution < -0.4 is 11.0 Å². The van der Waals surface area contributed by atoms with Crippen molar-refractivity contribution in [3.05, 3.63) is 24.6 Å². The quantitative estimate of drug-likeness (QED) is 0.569. The number of nitrogens with one attached hydrogen (secondary N) is 2. The van der Waals surface area contributed by atoms with Crippen LogP contribution in [0.4, 0.5) is 0 Å². The second kappa shape index (κ2) is 7.68. The minimum Gasteiger partial charge on any atom is -0.247 e. The van der Waals surface area contributed by atoms with E-state index in [1.54, 1.807) is 0 Å². The molecule has 3 heteroatoms. The van der Waals surface area contributed by atoms with E-state index < -0.39 is 0 Å². The molecule has 0 atom stereocenters. The molecule has 0 aliphatic heterocycles. The number of rotatable bonds is 8. The molecule has 76 valence electrons. The van der Waals surface area contributed by atoms with E-state index in [0.717, 1.165) is 37.1 Å². The van der Waals surface area contributed by atoms with Crippen LogP contribution in [-0.2, 0) is 4.94 Å². The van der Waals surface area contributed by atoms with E-state index in [9.17, 15) is 0 Å². The minimum atomic E-state index is 0.874. The Morgan fingerprint density at radius 2 is 1.38 bits per heavy atom. The van der Waals surface area contributed by atoms with Crippen molar-refractivity contribution in [2.24, 2.45) is 0 Å². The molecule has 0 bridgehead atoms. The van der Waals surface area contributed by atoms with Crippen molar-refractivity contribution in [3.8, 4) is 0 Å². The van der Waals surface area contributed by atoms with Crippen molar-refractivity contribution >= 4 is 0 Å². The van der Waals surface area contributed by atoms with Crippen molar-refractivity contribution in [3.63, 3.8) is 0 Å². The Kier molecular flexibility index (Phi) is 7.11. The van der Waals surface area contributed by atoms with Gasteiger partial charge in [-0.25, -0.2) is 11.0 Å². The van der Waals surface area contributed by atoms with Crippen LogP contribution in [0.3, 0.4) is 0 Å². The minimum absolute atomic E-state index is 0.874. The Morgan fingerprint density at radius 3 is 1.69 bits per heavy atom. The summed E-state index contributed by atoms with van der Waals surface area (Å²) in [6.07, 6.45) is 3.96. The van der Waals surface area contributed by atoms with Crippen LogP contribution in [0.2, 0.25) is 0 Å². The Morgan fingerprint density at radius 1 is 1.00 bits per heavy atom. The monoisotopic (exact) mass is 184 g/mol. The number of allylic oxidation sites excluding steroid dienone is 2. The average molecular weight is 184 g/mol. The zero-order chi connectivity index (χ0) is 10.1. The molecule has 0 saturated carbocycles. The van der Waals surface area contributed by atoms with Gasteiger partial charge in [-0.05, 0) is 12.8 Å². The summed E-state index contributed by atoms with van der Waals surface area (Å²) in [6, 6.07) is 0. The molecule has 13 heavy (non-hydrogen) atoms. The molecule has 3 nitrogen and oxygen atoms in total. The highest BCUT2D eigenvalue weighted by Gasteiger charge is 1.93. The summed E-state index contributed by atoms with van der Waals surface area (Å²) in [5, 5.41) is 0. The standard InChI is InChI=1S/C10H20N2O/c1-5-7-9(3)11-13-12-10(4)8-6-2/h11-12H,3-8H2,1-2H3. The summed E-state index contributed by atoms with van der Waals surface area (Å²) >= 11 is 0. The first kappa shape index (κ1) is 12.0. The average Bonchev–Trinajstić information content (AvgIpc) is 2.05. The second-order valence-corrected chi connectivity index (χ2v) is 3.01. The summed E-state index contributed by atoms with van der Waals surface area (Å²) in [5.74, 6) is 0. The largest absolute Gasteiger partial charge is 0.247 e. The molecule has 0 aromatic carbocycles. The molecule has 0 heterocycles. The highest BCUT2D eigenvalue weighted by molar-refractivity contribution is 4.88. The maximum Gasteiger partial charge on any atom is 0.0331 e. The first-order valence-electron chi connectivity index (χ1n) is 4.74. The van der Waals surface area contributed by atoms with E-state index in [0.29, 0.717) is 0 Å². The molecule has 0 aliphatic rings. The van der Waals surface area contributed by atoms with E-state index in [2.05, 4.69) is 38.0 Å². The summed E-state index contributed by atoms with van der Waals surface area (Å²) < 4.78 is 0. The summed E-state index contributed by atoms with van der Waals surface area (Å²) in [6.45, 7) is 11.8. The van der Waals surface area contributed by atoms with Gasteiger partial charge >= 0.3 is 0 Å². The molecular formula is C10H20N2O. The lowest BCUT2D eigenvalue weighted by molar-refractivity contribution is -0.00565. The number of hydrogen-bond donors (Lipinski definition) is 2. The third kappa shape index (κ3) is 7.40. The van der Waals surface area contributed by atoms with Gasteiger partial charge in [0.05, 0.1) is 0 Å². The van der Waals surface area contributed by atoms with Crippen molar-refractivity contribution in [1.29, 1.82) is 0 Å². The van der Waals surface area contributed by atoms with E-state index in [4.69, 9.17) is 4.94 Å². The zero-order valence-electron chi connectivity index (χ0n) is 8.65. The Hall–Kier alpha value is -0.960. The molecule has 0 rings (SSSR count). The van der Waals surface area contributed by atoms with E-state index in [1.165, 1.54) is 0 Å². The molecule has 0 spiro atoms. The zero-order valence-corrected chi connectivity index (χ0v) is 8.65. The lowest BCUT2D eigenvalue weighted by atomic mass is 10.3. The number of hydrogen-bond acceptors (Lipinski definition) is 3. The van der Waals surface area contributed by atoms with Gasteiger partial charge in [0.15, 0.2) is 0 Å². The Labute approximate surface area is 80.8 Å². The topological polar surface area (TPSA) is 33.3 Å². The van der Waals surface area contributed by atoms with Crippen LogP contribution in [0.15, 0.2) is 24.6 Å². The van der Waals surface area contributed by atoms with E-state index >= 15 is 0 Å². The molecular weight excluding hydrogens is 164 g/mol. The maximum atomic E-state index is 4.96. The molecule has 0 aromatic heterocycles. The number of hydroxylamine groups is 2.